The summed E-state index contributed by atoms with van der Waals surface area (Å²) in [6.45, 7) is 3.87. The number of hydrogen-bond donors (Lipinski definition) is 1. The Kier molecular flexibility index (Phi) is 3.87. The lowest BCUT2D eigenvalue weighted by atomic mass is 9.87. The number of nitrogens with zero attached hydrogens (tertiary/aromatic N) is 2. The summed E-state index contributed by atoms with van der Waals surface area (Å²) in [6, 6.07) is 17.1. The van der Waals surface area contributed by atoms with Crippen LogP contribution in [0, 0.1) is 13.8 Å². The predicted molar refractivity (Wildman–Crippen MR) is 110 cm³/mol. The molecule has 5 rings (SSSR count). The fraction of sp³-hybridized carbons (Fsp3) is 0.174. The van der Waals surface area contributed by atoms with Crippen LogP contribution in [0.15, 0.2) is 59.0 Å². The Morgan fingerprint density at radius 1 is 1.14 bits per heavy atom. The molecule has 2 aromatic carbocycles. The van der Waals surface area contributed by atoms with E-state index >= 15 is 0 Å². The maximum absolute atomic E-state index is 13.3. The van der Waals surface area contributed by atoms with Crippen molar-refractivity contribution >= 4 is 28.5 Å². The molecule has 1 N–H and O–H groups in total. The van der Waals surface area contributed by atoms with E-state index in [1.807, 2.05) is 62.4 Å². The number of nitrogens with one attached hydrogen (secondary N) is 1. The van der Waals surface area contributed by atoms with Crippen LogP contribution in [0.25, 0.3) is 16.7 Å². The van der Waals surface area contributed by atoms with Crippen LogP contribution < -0.4 is 5.32 Å². The number of rotatable bonds is 3. The molecule has 0 aliphatic carbocycles. The SMILES string of the molecule is Cc1ccc(-n2nc(C)c3c2NC(=O)C[C@H]3C(=O)c2cc3ccccc3o2)cc1. The second kappa shape index (κ2) is 6.44. The van der Waals surface area contributed by atoms with Crippen molar-refractivity contribution in [2.45, 2.75) is 26.2 Å². The number of fused-ring (bicyclic) bond motifs is 2. The minimum Gasteiger partial charge on any atom is -0.453 e. The van der Waals surface area contributed by atoms with Crippen molar-refractivity contribution in [2.24, 2.45) is 0 Å². The molecule has 144 valence electrons. The second-order valence-corrected chi connectivity index (χ2v) is 7.41. The molecular weight excluding hydrogens is 366 g/mol. The van der Waals surface area contributed by atoms with Gasteiger partial charge in [0.05, 0.1) is 17.3 Å². The quantitative estimate of drug-likeness (QED) is 0.525. The van der Waals surface area contributed by atoms with Crippen molar-refractivity contribution in [1.82, 2.24) is 9.78 Å². The molecule has 0 radical (unpaired) electrons. The van der Waals surface area contributed by atoms with E-state index < -0.39 is 5.92 Å². The molecular formula is C23H19N3O3. The second-order valence-electron chi connectivity index (χ2n) is 7.41. The zero-order valence-corrected chi connectivity index (χ0v) is 16.1. The van der Waals surface area contributed by atoms with Crippen LogP contribution in [0.3, 0.4) is 0 Å². The smallest absolute Gasteiger partial charge is 0.226 e. The van der Waals surface area contributed by atoms with E-state index in [0.717, 1.165) is 27.9 Å². The predicted octanol–water partition coefficient (Wildman–Crippen LogP) is 4.54. The first-order chi connectivity index (χ1) is 14.0. The topological polar surface area (TPSA) is 77.1 Å². The first-order valence-electron chi connectivity index (χ1n) is 9.50. The molecule has 1 aliphatic heterocycles. The Hall–Kier alpha value is -3.67. The highest BCUT2D eigenvalue weighted by atomic mass is 16.3. The maximum atomic E-state index is 13.3. The number of aromatic nitrogens is 2. The number of Topliss-reactive ketones (excluding diaryl/α,β-unsaturated/α-hetero) is 1. The molecule has 0 saturated heterocycles. The molecule has 0 unspecified atom stereocenters. The highest BCUT2D eigenvalue weighted by molar-refractivity contribution is 6.08. The van der Waals surface area contributed by atoms with Gasteiger partial charge in [-0.1, -0.05) is 35.9 Å². The van der Waals surface area contributed by atoms with Crippen molar-refractivity contribution < 1.29 is 14.0 Å². The Morgan fingerprint density at radius 3 is 2.66 bits per heavy atom. The van der Waals surface area contributed by atoms with Gasteiger partial charge < -0.3 is 9.73 Å². The Morgan fingerprint density at radius 2 is 1.90 bits per heavy atom. The zero-order valence-electron chi connectivity index (χ0n) is 16.1. The fourth-order valence-electron chi connectivity index (χ4n) is 3.92. The minimum atomic E-state index is -0.626. The lowest BCUT2D eigenvalue weighted by Gasteiger charge is -2.22. The monoisotopic (exact) mass is 385 g/mol. The lowest BCUT2D eigenvalue weighted by Crippen LogP contribution is -2.28. The van der Waals surface area contributed by atoms with Crippen LogP contribution in [0.1, 0.15) is 39.7 Å². The third-order valence-corrected chi connectivity index (χ3v) is 5.37. The summed E-state index contributed by atoms with van der Waals surface area (Å²) in [7, 11) is 0. The number of anilines is 1. The highest BCUT2D eigenvalue weighted by Crippen LogP contribution is 2.38. The number of hydrogen-bond acceptors (Lipinski definition) is 4. The van der Waals surface area contributed by atoms with Crippen molar-refractivity contribution in [3.05, 3.63) is 77.2 Å². The van der Waals surface area contributed by atoms with Crippen molar-refractivity contribution in [3.63, 3.8) is 0 Å². The van der Waals surface area contributed by atoms with Crippen LogP contribution in [0.5, 0.6) is 0 Å². The van der Waals surface area contributed by atoms with Gasteiger partial charge in [-0.3, -0.25) is 9.59 Å². The van der Waals surface area contributed by atoms with Crippen molar-refractivity contribution in [2.75, 3.05) is 5.32 Å². The van der Waals surface area contributed by atoms with Crippen LogP contribution >= 0.6 is 0 Å². The van der Waals surface area contributed by atoms with Gasteiger partial charge in [-0.2, -0.15) is 5.10 Å². The van der Waals surface area contributed by atoms with Crippen LogP contribution in [-0.2, 0) is 4.79 Å². The summed E-state index contributed by atoms with van der Waals surface area (Å²) in [4.78, 5) is 25.8. The summed E-state index contributed by atoms with van der Waals surface area (Å²) in [6.07, 6.45) is 0.0727. The van der Waals surface area contributed by atoms with Gasteiger partial charge in [-0.15, -0.1) is 0 Å². The molecule has 0 bridgehead atoms. The summed E-state index contributed by atoms with van der Waals surface area (Å²) < 4.78 is 7.46. The Balaban J connectivity index is 1.61. The van der Waals surface area contributed by atoms with Crippen LogP contribution in [0.4, 0.5) is 5.82 Å². The number of carbonyl (C=O) groups excluding carboxylic acids is 2. The Labute approximate surface area is 167 Å². The molecule has 6 heteroatoms. The van der Waals surface area contributed by atoms with E-state index in [0.29, 0.717) is 11.4 Å². The molecule has 6 nitrogen and oxygen atoms in total. The summed E-state index contributed by atoms with van der Waals surface area (Å²) in [5, 5.41) is 8.38. The van der Waals surface area contributed by atoms with Crippen LogP contribution in [-0.4, -0.2) is 21.5 Å². The first-order valence-corrected chi connectivity index (χ1v) is 9.50. The van der Waals surface area contributed by atoms with E-state index in [-0.39, 0.29) is 23.9 Å². The number of benzene rings is 2. The normalized spacial score (nSPS) is 15.9. The Bertz CT molecular complexity index is 1230. The number of amides is 1. The minimum absolute atomic E-state index is 0.0727. The number of aryl methyl sites for hydroxylation is 2. The summed E-state index contributed by atoms with van der Waals surface area (Å²) >= 11 is 0. The van der Waals surface area contributed by atoms with E-state index in [9.17, 15) is 9.59 Å². The van der Waals surface area contributed by atoms with Gasteiger partial charge in [0.2, 0.25) is 11.7 Å². The molecule has 4 aromatic rings. The standard InChI is InChI=1S/C23H19N3O3/c1-13-7-9-16(10-8-13)26-23-21(14(2)25-26)17(12-20(27)24-23)22(28)19-11-15-5-3-4-6-18(15)29-19/h3-11,17H,12H2,1-2H3,(H,24,27)/t17-/m1/s1. The third-order valence-electron chi connectivity index (χ3n) is 5.37. The van der Waals surface area contributed by atoms with Gasteiger partial charge in [0.15, 0.2) is 5.76 Å². The molecule has 0 spiro atoms. The number of para-hydroxylation sites is 1. The largest absolute Gasteiger partial charge is 0.453 e. The maximum Gasteiger partial charge on any atom is 0.226 e. The molecule has 0 saturated carbocycles. The van der Waals surface area contributed by atoms with Crippen LogP contribution in [0.2, 0.25) is 0 Å². The van der Waals surface area contributed by atoms with Crippen molar-refractivity contribution in [3.8, 4) is 5.69 Å². The van der Waals surface area contributed by atoms with E-state index in [1.54, 1.807) is 10.7 Å². The van der Waals surface area contributed by atoms with E-state index in [2.05, 4.69) is 10.4 Å². The summed E-state index contributed by atoms with van der Waals surface area (Å²) in [5.41, 5.74) is 4.08. The van der Waals surface area contributed by atoms with Gasteiger partial charge in [0, 0.05) is 17.4 Å². The summed E-state index contributed by atoms with van der Waals surface area (Å²) in [5.74, 6) is -0.223. The van der Waals surface area contributed by atoms with Gasteiger partial charge in [-0.25, -0.2) is 4.68 Å². The van der Waals surface area contributed by atoms with Gasteiger partial charge in [0.1, 0.15) is 11.4 Å². The first kappa shape index (κ1) is 17.4. The average Bonchev–Trinajstić information content (AvgIpc) is 3.29. The molecule has 1 aliphatic rings. The fourth-order valence-corrected chi connectivity index (χ4v) is 3.92. The molecule has 0 fully saturated rings. The average molecular weight is 385 g/mol. The highest BCUT2D eigenvalue weighted by Gasteiger charge is 2.37. The van der Waals surface area contributed by atoms with Gasteiger partial charge >= 0.3 is 0 Å². The zero-order chi connectivity index (χ0) is 20.1. The van der Waals surface area contributed by atoms with E-state index in [4.69, 9.17) is 4.42 Å². The van der Waals surface area contributed by atoms with E-state index in [1.165, 1.54) is 0 Å². The number of ketones is 1. The van der Waals surface area contributed by atoms with Crippen molar-refractivity contribution in [1.29, 1.82) is 0 Å². The molecule has 1 amide bonds. The molecule has 29 heavy (non-hydrogen) atoms. The number of carbonyl (C=O) groups is 2. The number of furan rings is 1. The molecule has 1 atom stereocenters. The molecule has 2 aromatic heterocycles. The van der Waals surface area contributed by atoms with Gasteiger partial charge in [-0.05, 0) is 38.1 Å². The third kappa shape index (κ3) is 2.84. The molecule has 3 heterocycles. The van der Waals surface area contributed by atoms with Gasteiger partial charge in [0.25, 0.3) is 0 Å². The lowest BCUT2D eigenvalue weighted by molar-refractivity contribution is -0.116.